The van der Waals surface area contributed by atoms with Gasteiger partial charge in [0.1, 0.15) is 11.5 Å². The number of aromatic nitrogens is 4. The van der Waals surface area contributed by atoms with Crippen molar-refractivity contribution in [1.82, 2.24) is 19.7 Å². The quantitative estimate of drug-likeness (QED) is 0.930. The van der Waals surface area contributed by atoms with Crippen LogP contribution in [0.25, 0.3) is 11.5 Å². The second-order valence-corrected chi connectivity index (χ2v) is 5.90. The van der Waals surface area contributed by atoms with Gasteiger partial charge in [0.25, 0.3) is 0 Å². The maximum atomic E-state index is 4.73. The molecule has 0 radical (unpaired) electrons. The number of nitrogens with zero attached hydrogens (tertiary/aromatic N) is 4. The highest BCUT2D eigenvalue weighted by molar-refractivity contribution is 5.53. The summed E-state index contributed by atoms with van der Waals surface area (Å²) in [6, 6.07) is 3.97. The summed E-state index contributed by atoms with van der Waals surface area (Å²) in [5, 5.41) is 7.46. The molecule has 2 rings (SSSR count). The van der Waals surface area contributed by atoms with E-state index in [1.807, 2.05) is 23.9 Å². The molecule has 0 saturated carbocycles. The van der Waals surface area contributed by atoms with Crippen LogP contribution in [0, 0.1) is 0 Å². The number of nitrogens with one attached hydrogen (secondary N) is 1. The Morgan fingerprint density at radius 2 is 2.00 bits per heavy atom. The number of rotatable bonds is 4. The molecule has 0 aliphatic rings. The number of anilines is 1. The summed E-state index contributed by atoms with van der Waals surface area (Å²) >= 11 is 0. The largest absolute Gasteiger partial charge is 0.373 e. The summed E-state index contributed by atoms with van der Waals surface area (Å²) in [7, 11) is 1.88. The highest BCUT2D eigenvalue weighted by Gasteiger charge is 2.19. The van der Waals surface area contributed by atoms with E-state index < -0.39 is 0 Å². The first kappa shape index (κ1) is 14.5. The van der Waals surface area contributed by atoms with E-state index in [4.69, 9.17) is 4.98 Å². The zero-order chi connectivity index (χ0) is 14.8. The van der Waals surface area contributed by atoms with E-state index in [1.54, 1.807) is 6.20 Å². The van der Waals surface area contributed by atoms with Crippen LogP contribution in [0.2, 0.25) is 0 Å². The van der Waals surface area contributed by atoms with Gasteiger partial charge in [-0.05, 0) is 12.5 Å². The normalized spacial score (nSPS) is 11.7. The van der Waals surface area contributed by atoms with Gasteiger partial charge in [0.15, 0.2) is 5.82 Å². The van der Waals surface area contributed by atoms with Crippen LogP contribution in [0.1, 0.15) is 39.8 Å². The summed E-state index contributed by atoms with van der Waals surface area (Å²) in [5.41, 5.74) is 1.98. The van der Waals surface area contributed by atoms with Crippen molar-refractivity contribution in [3.8, 4) is 11.5 Å². The van der Waals surface area contributed by atoms with Crippen molar-refractivity contribution in [2.75, 3.05) is 12.4 Å². The molecule has 1 N–H and O–H groups in total. The van der Waals surface area contributed by atoms with Crippen LogP contribution in [-0.2, 0) is 12.0 Å². The van der Waals surface area contributed by atoms with Crippen LogP contribution in [0.4, 0.5) is 5.82 Å². The Morgan fingerprint density at radius 1 is 1.25 bits per heavy atom. The Kier molecular flexibility index (Phi) is 4.06. The lowest BCUT2D eigenvalue weighted by Gasteiger charge is -2.19. The molecule has 0 aliphatic heterocycles. The van der Waals surface area contributed by atoms with Gasteiger partial charge >= 0.3 is 0 Å². The highest BCUT2D eigenvalue weighted by Crippen LogP contribution is 2.25. The van der Waals surface area contributed by atoms with E-state index in [-0.39, 0.29) is 5.41 Å². The maximum absolute atomic E-state index is 4.73. The average molecular weight is 273 g/mol. The van der Waals surface area contributed by atoms with Gasteiger partial charge in [-0.3, -0.25) is 4.68 Å². The minimum absolute atomic E-state index is 0.0150. The van der Waals surface area contributed by atoms with Gasteiger partial charge in [-0.25, -0.2) is 9.97 Å². The lowest BCUT2D eigenvalue weighted by molar-refractivity contribution is 0.566. The van der Waals surface area contributed by atoms with Crippen molar-refractivity contribution in [1.29, 1.82) is 0 Å². The lowest BCUT2D eigenvalue weighted by atomic mass is 9.92. The van der Waals surface area contributed by atoms with Crippen LogP contribution in [0.5, 0.6) is 0 Å². The molecular formula is C15H23N5. The smallest absolute Gasteiger partial charge is 0.180 e. The second kappa shape index (κ2) is 5.61. The van der Waals surface area contributed by atoms with Crippen molar-refractivity contribution < 1.29 is 0 Å². The van der Waals surface area contributed by atoms with Crippen molar-refractivity contribution in [3.63, 3.8) is 0 Å². The van der Waals surface area contributed by atoms with E-state index >= 15 is 0 Å². The predicted octanol–water partition coefficient (Wildman–Crippen LogP) is 3.09. The van der Waals surface area contributed by atoms with Gasteiger partial charge in [-0.2, -0.15) is 5.10 Å². The van der Waals surface area contributed by atoms with E-state index in [1.165, 1.54) is 0 Å². The minimum atomic E-state index is -0.0150. The number of hydrogen-bond donors (Lipinski definition) is 1. The lowest BCUT2D eigenvalue weighted by Crippen LogP contribution is -2.16. The molecule has 0 atom stereocenters. The Bertz CT molecular complexity index is 580. The summed E-state index contributed by atoms with van der Waals surface area (Å²) < 4.78 is 1.96. The summed E-state index contributed by atoms with van der Waals surface area (Å²) in [6.45, 7) is 9.48. The fraction of sp³-hybridized carbons (Fsp3) is 0.533. The van der Waals surface area contributed by atoms with Gasteiger partial charge in [0.2, 0.25) is 0 Å². The number of hydrogen-bond acceptors (Lipinski definition) is 4. The SMILES string of the molecule is CCCn1nccc1-c1nc(NC)cc(C(C)(C)C)n1. The predicted molar refractivity (Wildman–Crippen MR) is 81.8 cm³/mol. The van der Waals surface area contributed by atoms with Gasteiger partial charge in [-0.15, -0.1) is 0 Å². The van der Waals surface area contributed by atoms with Gasteiger partial charge in [0, 0.05) is 31.3 Å². The molecule has 108 valence electrons. The molecule has 0 fully saturated rings. The molecule has 5 heteroatoms. The zero-order valence-corrected chi connectivity index (χ0v) is 12.9. The Labute approximate surface area is 120 Å². The first-order valence-corrected chi connectivity index (χ1v) is 7.05. The standard InChI is InChI=1S/C15H23N5/c1-6-9-20-11(7-8-17-20)14-18-12(15(2,3)4)10-13(16-5)19-14/h7-8,10H,6,9H2,1-5H3,(H,16,18,19). The molecule has 0 spiro atoms. The van der Waals surface area contributed by atoms with Gasteiger partial charge in [0.05, 0.1) is 5.69 Å². The topological polar surface area (TPSA) is 55.6 Å². The molecule has 2 aromatic heterocycles. The van der Waals surface area contributed by atoms with Crippen molar-refractivity contribution in [2.45, 2.75) is 46.1 Å². The van der Waals surface area contributed by atoms with Crippen LogP contribution in [0.15, 0.2) is 18.3 Å². The Balaban J connectivity index is 2.53. The summed E-state index contributed by atoms with van der Waals surface area (Å²) in [4.78, 5) is 9.29. The second-order valence-electron chi connectivity index (χ2n) is 5.90. The third-order valence-electron chi connectivity index (χ3n) is 3.13. The van der Waals surface area contributed by atoms with E-state index in [9.17, 15) is 0 Å². The van der Waals surface area contributed by atoms with Crippen LogP contribution < -0.4 is 5.32 Å². The molecule has 0 unspecified atom stereocenters. The average Bonchev–Trinajstić information content (AvgIpc) is 2.86. The molecule has 5 nitrogen and oxygen atoms in total. The van der Waals surface area contributed by atoms with Crippen LogP contribution >= 0.6 is 0 Å². The first-order chi connectivity index (χ1) is 9.45. The molecular weight excluding hydrogens is 250 g/mol. The van der Waals surface area contributed by atoms with Crippen molar-refractivity contribution >= 4 is 5.82 Å². The summed E-state index contributed by atoms with van der Waals surface area (Å²) in [6.07, 6.45) is 2.84. The third kappa shape index (κ3) is 2.98. The zero-order valence-electron chi connectivity index (χ0n) is 12.9. The fourth-order valence-electron chi connectivity index (χ4n) is 1.99. The minimum Gasteiger partial charge on any atom is -0.373 e. The van der Waals surface area contributed by atoms with Gasteiger partial charge < -0.3 is 5.32 Å². The summed E-state index contributed by atoms with van der Waals surface area (Å²) in [5.74, 6) is 1.57. The van der Waals surface area contributed by atoms with Gasteiger partial charge in [-0.1, -0.05) is 27.7 Å². The van der Waals surface area contributed by atoms with Crippen LogP contribution in [-0.4, -0.2) is 26.8 Å². The molecule has 2 heterocycles. The monoisotopic (exact) mass is 273 g/mol. The van der Waals surface area contributed by atoms with E-state index in [0.717, 1.165) is 36.0 Å². The third-order valence-corrected chi connectivity index (χ3v) is 3.13. The highest BCUT2D eigenvalue weighted by atomic mass is 15.3. The Morgan fingerprint density at radius 3 is 2.60 bits per heavy atom. The molecule has 0 aromatic carbocycles. The molecule has 20 heavy (non-hydrogen) atoms. The molecule has 2 aromatic rings. The number of aryl methyl sites for hydroxylation is 1. The van der Waals surface area contributed by atoms with E-state index in [0.29, 0.717) is 0 Å². The Hall–Kier alpha value is -1.91. The molecule has 0 amide bonds. The van der Waals surface area contributed by atoms with Crippen molar-refractivity contribution in [2.24, 2.45) is 0 Å². The maximum Gasteiger partial charge on any atom is 0.180 e. The fourth-order valence-corrected chi connectivity index (χ4v) is 1.99. The first-order valence-electron chi connectivity index (χ1n) is 7.05. The van der Waals surface area contributed by atoms with Crippen molar-refractivity contribution in [3.05, 3.63) is 24.0 Å². The van der Waals surface area contributed by atoms with E-state index in [2.05, 4.69) is 43.1 Å². The molecule has 0 saturated heterocycles. The van der Waals surface area contributed by atoms with Crippen LogP contribution in [0.3, 0.4) is 0 Å². The molecule has 0 aliphatic carbocycles. The molecule has 0 bridgehead atoms.